The molecule has 2 N–H and O–H groups in total. The quantitative estimate of drug-likeness (QED) is 0.419. The molecule has 2 aromatic carbocycles. The fraction of sp³-hybridized carbons (Fsp3) is 0.462. The maximum atomic E-state index is 13.4. The largest absolute Gasteiger partial charge is 0.393 e. The van der Waals surface area contributed by atoms with Gasteiger partial charge < -0.3 is 15.4 Å². The minimum Gasteiger partial charge on any atom is -0.393 e. The first-order valence-electron chi connectivity index (χ1n) is 11.9. The predicted octanol–water partition coefficient (Wildman–Crippen LogP) is 6.60. The Bertz CT molecular complexity index is 1080. The van der Waals surface area contributed by atoms with Crippen molar-refractivity contribution in [3.63, 3.8) is 0 Å². The van der Waals surface area contributed by atoms with Gasteiger partial charge in [0.2, 0.25) is 0 Å². The number of hydrogen-bond acceptors (Lipinski definition) is 5. The van der Waals surface area contributed by atoms with Crippen LogP contribution in [0.1, 0.15) is 49.9 Å². The summed E-state index contributed by atoms with van der Waals surface area (Å²) in [5.74, 6) is -4.53. The van der Waals surface area contributed by atoms with E-state index in [4.69, 9.17) is 11.6 Å². The van der Waals surface area contributed by atoms with Gasteiger partial charge in [-0.05, 0) is 42.9 Å². The number of halogens is 4. The molecule has 0 bridgehead atoms. The van der Waals surface area contributed by atoms with Crippen LogP contribution < -0.4 is 5.32 Å². The number of hydrazone groups is 1. The second-order valence-corrected chi connectivity index (χ2v) is 10.9. The van der Waals surface area contributed by atoms with Crippen LogP contribution in [0.25, 0.3) is 0 Å². The lowest BCUT2D eigenvalue weighted by Gasteiger charge is -2.37. The number of carbonyl (C=O) groups excluding carboxylic acids is 1. The zero-order valence-electron chi connectivity index (χ0n) is 20.5. The first-order valence-corrected chi connectivity index (χ1v) is 13.2. The van der Waals surface area contributed by atoms with Crippen LogP contribution in [0.5, 0.6) is 0 Å². The van der Waals surface area contributed by atoms with Crippen molar-refractivity contribution in [3.8, 4) is 0 Å². The van der Waals surface area contributed by atoms with Gasteiger partial charge in [-0.2, -0.15) is 5.10 Å². The summed E-state index contributed by atoms with van der Waals surface area (Å²) in [6.07, 6.45) is 5.33. The Morgan fingerprint density at radius 3 is 2.47 bits per heavy atom. The van der Waals surface area contributed by atoms with Crippen molar-refractivity contribution in [2.24, 2.45) is 16.9 Å². The van der Waals surface area contributed by atoms with Gasteiger partial charge in [0.05, 0.1) is 11.1 Å². The van der Waals surface area contributed by atoms with Crippen molar-refractivity contribution in [2.75, 3.05) is 18.9 Å². The van der Waals surface area contributed by atoms with Crippen molar-refractivity contribution in [2.45, 2.75) is 55.8 Å². The fourth-order valence-electron chi connectivity index (χ4n) is 4.34. The lowest BCUT2D eigenvalue weighted by atomic mass is 9.78. The van der Waals surface area contributed by atoms with E-state index in [1.807, 2.05) is 25.2 Å². The minimum absolute atomic E-state index is 0.176. The molecule has 0 radical (unpaired) electrons. The highest BCUT2D eigenvalue weighted by Crippen LogP contribution is 2.42. The molecule has 36 heavy (non-hydrogen) atoms. The molecule has 1 aliphatic heterocycles. The lowest BCUT2D eigenvalue weighted by Crippen LogP contribution is -2.36. The number of hydrogen-bond donors (Lipinski definition) is 2. The van der Waals surface area contributed by atoms with Crippen molar-refractivity contribution in [3.05, 3.63) is 58.4 Å². The highest BCUT2D eigenvalue weighted by Gasteiger charge is 2.34. The van der Waals surface area contributed by atoms with Crippen molar-refractivity contribution in [1.29, 1.82) is 0 Å². The summed E-state index contributed by atoms with van der Waals surface area (Å²) in [5, 5.41) is 19.3. The molecule has 2 aromatic rings. The number of thioether (sulfide) groups is 1. The topological polar surface area (TPSA) is 64.9 Å². The van der Waals surface area contributed by atoms with E-state index in [9.17, 15) is 23.1 Å². The number of nitrogens with zero attached hydrogens (tertiary/aromatic N) is 2. The van der Waals surface area contributed by atoms with Gasteiger partial charge in [0.25, 0.3) is 5.91 Å². The summed E-state index contributed by atoms with van der Waals surface area (Å²) in [4.78, 5) is 13.3. The van der Waals surface area contributed by atoms with Crippen LogP contribution in [-0.4, -0.2) is 47.2 Å². The third kappa shape index (κ3) is 7.40. The van der Waals surface area contributed by atoms with Crippen LogP contribution in [0.4, 0.5) is 18.9 Å². The molecule has 0 spiro atoms. The maximum absolute atomic E-state index is 13.4. The van der Waals surface area contributed by atoms with E-state index < -0.39 is 23.4 Å². The number of anilines is 1. The van der Waals surface area contributed by atoms with Gasteiger partial charge in [-0.3, -0.25) is 4.79 Å². The van der Waals surface area contributed by atoms with Crippen LogP contribution in [0.3, 0.4) is 0 Å². The fourth-order valence-corrected chi connectivity index (χ4v) is 6.07. The molecule has 4 unspecified atom stereocenters. The molecule has 4 rings (SSSR count). The molecular formula is C26H31ClF3N3O2S. The maximum Gasteiger partial charge on any atom is 0.255 e. The number of benzene rings is 2. The number of rotatable bonds is 5. The van der Waals surface area contributed by atoms with Gasteiger partial charge in [0.1, 0.15) is 0 Å². The Balaban J connectivity index is 0.000000526. The van der Waals surface area contributed by atoms with E-state index >= 15 is 0 Å². The molecule has 0 aromatic heterocycles. The van der Waals surface area contributed by atoms with Gasteiger partial charge in [0, 0.05) is 59.8 Å². The Morgan fingerprint density at radius 2 is 1.92 bits per heavy atom. The number of carbonyl (C=O) groups is 1. The summed E-state index contributed by atoms with van der Waals surface area (Å²) >= 11 is 7.90. The zero-order chi connectivity index (χ0) is 26.4. The van der Waals surface area contributed by atoms with E-state index in [0.717, 1.165) is 49.3 Å². The first kappa shape index (κ1) is 28.3. The molecule has 1 aliphatic carbocycles. The number of aliphatic hydroxyl groups is 1. The Labute approximate surface area is 219 Å². The molecule has 1 saturated carbocycles. The Morgan fingerprint density at radius 1 is 1.22 bits per heavy atom. The van der Waals surface area contributed by atoms with Gasteiger partial charge in [-0.15, -0.1) is 11.8 Å². The molecule has 196 valence electrons. The predicted molar refractivity (Wildman–Crippen MR) is 139 cm³/mol. The van der Waals surface area contributed by atoms with Crippen LogP contribution >= 0.6 is 23.4 Å². The smallest absolute Gasteiger partial charge is 0.255 e. The van der Waals surface area contributed by atoms with Gasteiger partial charge in [-0.25, -0.2) is 13.2 Å². The highest BCUT2D eigenvalue weighted by molar-refractivity contribution is 8.00. The monoisotopic (exact) mass is 541 g/mol. The van der Waals surface area contributed by atoms with Crippen molar-refractivity contribution >= 4 is 41.2 Å². The van der Waals surface area contributed by atoms with Crippen molar-refractivity contribution < 1.29 is 23.1 Å². The first-order chi connectivity index (χ1) is 17.1. The summed E-state index contributed by atoms with van der Waals surface area (Å²) in [5.41, 5.74) is 0.0874. The average Bonchev–Trinajstić information content (AvgIpc) is 3.32. The molecule has 2 aliphatic rings. The van der Waals surface area contributed by atoms with E-state index in [-0.39, 0.29) is 34.4 Å². The normalized spacial score (nSPS) is 23.3. The summed E-state index contributed by atoms with van der Waals surface area (Å²) in [7, 11) is 1.98. The van der Waals surface area contributed by atoms with Gasteiger partial charge >= 0.3 is 0 Å². The standard InChI is InChI=1S/C22H23ClF3NO2S.C4H8N2/c1-3-12-7-15(6-11(2)21(12)28)30-19-8-13(4-5-16(19)23)22(29)27-14-9-17(24)20(26)18(25)10-14;1-6-4-2-3-5-6/h4-5,8-12,15,21,28H,3,6-7H2,1-2H3,(H,27,29);3H,2,4H2,1H3. The molecule has 1 fully saturated rings. The van der Waals surface area contributed by atoms with Crippen LogP contribution in [-0.2, 0) is 0 Å². The van der Waals surface area contributed by atoms with E-state index in [0.29, 0.717) is 5.02 Å². The SMILES string of the molecule is CCC1CC(Sc2cc(C(=O)Nc3cc(F)c(F)c(F)c3)ccc2Cl)CC(C)C1O.CN1CCC=N1. The molecule has 4 atom stereocenters. The molecule has 1 amide bonds. The van der Waals surface area contributed by atoms with E-state index in [2.05, 4.69) is 17.3 Å². The lowest BCUT2D eigenvalue weighted by molar-refractivity contribution is 0.0260. The zero-order valence-corrected chi connectivity index (χ0v) is 22.1. The highest BCUT2D eigenvalue weighted by atomic mass is 35.5. The Hall–Kier alpha value is -2.23. The summed E-state index contributed by atoms with van der Waals surface area (Å²) < 4.78 is 39.9. The second kappa shape index (κ2) is 12.8. The summed E-state index contributed by atoms with van der Waals surface area (Å²) in [6.45, 7) is 5.19. The summed E-state index contributed by atoms with van der Waals surface area (Å²) in [6, 6.07) is 6.20. The Kier molecular flexibility index (Phi) is 10.1. The van der Waals surface area contributed by atoms with E-state index in [1.54, 1.807) is 23.9 Å². The van der Waals surface area contributed by atoms with Crippen LogP contribution in [0, 0.1) is 29.3 Å². The molecular weight excluding hydrogens is 511 g/mol. The second-order valence-electron chi connectivity index (χ2n) is 9.17. The average molecular weight is 542 g/mol. The van der Waals surface area contributed by atoms with Crippen molar-refractivity contribution in [1.82, 2.24) is 5.01 Å². The van der Waals surface area contributed by atoms with Gasteiger partial charge in [0.15, 0.2) is 17.5 Å². The van der Waals surface area contributed by atoms with E-state index in [1.165, 1.54) is 6.07 Å². The molecule has 10 heteroatoms. The molecule has 1 heterocycles. The third-order valence-corrected chi connectivity index (χ3v) is 8.13. The molecule has 5 nitrogen and oxygen atoms in total. The number of amides is 1. The van der Waals surface area contributed by atoms with Crippen LogP contribution in [0.2, 0.25) is 5.02 Å². The molecule has 0 saturated heterocycles. The minimum atomic E-state index is -1.59. The number of nitrogens with one attached hydrogen (secondary N) is 1. The van der Waals surface area contributed by atoms with Gasteiger partial charge in [-0.1, -0.05) is 31.9 Å². The number of aliphatic hydroxyl groups excluding tert-OH is 1. The van der Waals surface area contributed by atoms with Crippen LogP contribution in [0.15, 0.2) is 40.3 Å². The third-order valence-electron chi connectivity index (χ3n) is 6.38.